The van der Waals surface area contributed by atoms with Crippen LogP contribution in [0.3, 0.4) is 0 Å². The number of carboxylic acids is 1. The van der Waals surface area contributed by atoms with Crippen LogP contribution in [-0.4, -0.2) is 28.3 Å². The molecule has 0 atom stereocenters. The highest BCUT2D eigenvalue weighted by atomic mass is 32.2. The smallest absolute Gasteiger partial charge is 0.371 e. The molecule has 1 aliphatic rings. The molecular weight excluding hydrogens is 292 g/mol. The molecule has 6 nitrogen and oxygen atoms in total. The van der Waals surface area contributed by atoms with Gasteiger partial charge in [0.05, 0.1) is 11.8 Å². The molecule has 1 aromatic rings. The first kappa shape index (κ1) is 15.4. The molecule has 1 aliphatic carbocycles. The second-order valence-corrected chi connectivity index (χ2v) is 5.99. The lowest BCUT2D eigenvalue weighted by atomic mass is 9.83. The van der Waals surface area contributed by atoms with Gasteiger partial charge in [-0.25, -0.2) is 4.79 Å². The minimum atomic E-state index is -1.14. The summed E-state index contributed by atoms with van der Waals surface area (Å²) in [4.78, 5) is 22.6. The lowest BCUT2D eigenvalue weighted by molar-refractivity contribution is -0.120. The van der Waals surface area contributed by atoms with Gasteiger partial charge in [-0.1, -0.05) is 31.0 Å². The topological polar surface area (TPSA) is 103 Å². The number of nitriles is 1. The molecule has 0 bridgehead atoms. The third-order valence-electron chi connectivity index (χ3n) is 3.44. The maximum absolute atomic E-state index is 11.9. The number of hydrogen-bond acceptors (Lipinski definition) is 5. The number of furan rings is 1. The Labute approximate surface area is 126 Å². The van der Waals surface area contributed by atoms with Gasteiger partial charge < -0.3 is 14.8 Å². The van der Waals surface area contributed by atoms with Crippen molar-refractivity contribution < 1.29 is 19.1 Å². The summed E-state index contributed by atoms with van der Waals surface area (Å²) in [7, 11) is 0. The van der Waals surface area contributed by atoms with Crippen LogP contribution in [0.1, 0.15) is 42.7 Å². The van der Waals surface area contributed by atoms with Crippen molar-refractivity contribution in [1.82, 2.24) is 5.32 Å². The van der Waals surface area contributed by atoms with E-state index in [1.165, 1.54) is 12.1 Å². The van der Waals surface area contributed by atoms with Gasteiger partial charge in [0.2, 0.25) is 11.7 Å². The van der Waals surface area contributed by atoms with Crippen LogP contribution >= 0.6 is 11.8 Å². The molecule has 1 heterocycles. The summed E-state index contributed by atoms with van der Waals surface area (Å²) < 4.78 is 5.06. The van der Waals surface area contributed by atoms with Gasteiger partial charge in [0, 0.05) is 0 Å². The number of aromatic carboxylic acids is 1. The molecule has 112 valence electrons. The summed E-state index contributed by atoms with van der Waals surface area (Å²) in [5.41, 5.74) is -0.745. The van der Waals surface area contributed by atoms with Crippen molar-refractivity contribution >= 4 is 23.6 Å². The van der Waals surface area contributed by atoms with E-state index in [-0.39, 0.29) is 17.4 Å². The number of hydrogen-bond donors (Lipinski definition) is 2. The molecule has 7 heteroatoms. The fourth-order valence-electron chi connectivity index (χ4n) is 2.37. The van der Waals surface area contributed by atoms with Crippen LogP contribution in [0.2, 0.25) is 0 Å². The largest absolute Gasteiger partial charge is 0.475 e. The van der Waals surface area contributed by atoms with E-state index in [0.29, 0.717) is 17.9 Å². The Morgan fingerprint density at radius 1 is 1.38 bits per heavy atom. The van der Waals surface area contributed by atoms with Gasteiger partial charge in [-0.15, -0.1) is 0 Å². The highest BCUT2D eigenvalue weighted by Gasteiger charge is 2.33. The van der Waals surface area contributed by atoms with Gasteiger partial charge in [0.15, 0.2) is 5.09 Å². The van der Waals surface area contributed by atoms with Gasteiger partial charge in [-0.3, -0.25) is 4.79 Å². The van der Waals surface area contributed by atoms with Crippen LogP contribution in [0.25, 0.3) is 0 Å². The maximum Gasteiger partial charge on any atom is 0.371 e. The van der Waals surface area contributed by atoms with Crippen molar-refractivity contribution in [3.8, 4) is 6.07 Å². The van der Waals surface area contributed by atoms with E-state index in [2.05, 4.69) is 11.4 Å². The van der Waals surface area contributed by atoms with E-state index < -0.39 is 11.5 Å². The highest BCUT2D eigenvalue weighted by molar-refractivity contribution is 7.99. The van der Waals surface area contributed by atoms with E-state index in [0.717, 1.165) is 31.0 Å². The normalized spacial score (nSPS) is 16.9. The highest BCUT2D eigenvalue weighted by Crippen LogP contribution is 2.28. The van der Waals surface area contributed by atoms with Crippen LogP contribution in [0.5, 0.6) is 0 Å². The molecule has 0 aromatic carbocycles. The summed E-state index contributed by atoms with van der Waals surface area (Å²) in [6, 6.07) is 5.09. The number of nitrogens with zero attached hydrogens (tertiary/aromatic N) is 1. The second kappa shape index (κ2) is 6.68. The molecule has 2 N–H and O–H groups in total. The lowest BCUT2D eigenvalue weighted by Crippen LogP contribution is -2.49. The Hall–Kier alpha value is -1.94. The zero-order valence-corrected chi connectivity index (χ0v) is 12.2. The first-order valence-electron chi connectivity index (χ1n) is 6.73. The Balaban J connectivity index is 1.86. The molecule has 0 aliphatic heterocycles. The Bertz CT molecular complexity index is 570. The molecular formula is C14H16N2O4S. The zero-order chi connectivity index (χ0) is 15.3. The van der Waals surface area contributed by atoms with Gasteiger partial charge in [-0.2, -0.15) is 5.26 Å². The van der Waals surface area contributed by atoms with Crippen LogP contribution in [0, 0.1) is 11.3 Å². The third kappa shape index (κ3) is 4.02. The molecule has 0 radical (unpaired) electrons. The maximum atomic E-state index is 11.9. The lowest BCUT2D eigenvalue weighted by Gasteiger charge is -2.31. The molecule has 1 saturated carbocycles. The van der Waals surface area contributed by atoms with Gasteiger partial charge in [-0.05, 0) is 25.0 Å². The molecule has 2 rings (SSSR count). The van der Waals surface area contributed by atoms with Gasteiger partial charge in [0.25, 0.3) is 0 Å². The van der Waals surface area contributed by atoms with Crippen molar-refractivity contribution in [2.45, 2.75) is 42.7 Å². The number of carbonyl (C=O) groups is 2. The summed E-state index contributed by atoms with van der Waals surface area (Å²) >= 11 is 1.11. The Morgan fingerprint density at radius 2 is 2.10 bits per heavy atom. The van der Waals surface area contributed by atoms with Crippen molar-refractivity contribution in [2.75, 3.05) is 5.75 Å². The first-order valence-corrected chi connectivity index (χ1v) is 7.71. The van der Waals surface area contributed by atoms with Gasteiger partial charge in [0.1, 0.15) is 5.54 Å². The number of carboxylic acid groups (broad SMARTS) is 1. The van der Waals surface area contributed by atoms with Crippen LogP contribution in [0.15, 0.2) is 21.6 Å². The minimum Gasteiger partial charge on any atom is -0.475 e. The summed E-state index contributed by atoms with van der Waals surface area (Å²) in [6.45, 7) is 0. The molecule has 1 fully saturated rings. The number of thioether (sulfide) groups is 1. The predicted octanol–water partition coefficient (Wildman–Crippen LogP) is 2.41. The second-order valence-electron chi connectivity index (χ2n) is 5.02. The number of carbonyl (C=O) groups excluding carboxylic acids is 1. The predicted molar refractivity (Wildman–Crippen MR) is 76.0 cm³/mol. The van der Waals surface area contributed by atoms with Crippen molar-refractivity contribution in [3.05, 3.63) is 17.9 Å². The Morgan fingerprint density at radius 3 is 2.67 bits per heavy atom. The number of amides is 1. The van der Waals surface area contributed by atoms with E-state index in [9.17, 15) is 14.9 Å². The average Bonchev–Trinajstić information content (AvgIpc) is 2.95. The monoisotopic (exact) mass is 308 g/mol. The molecule has 0 saturated heterocycles. The molecule has 1 aromatic heterocycles. The zero-order valence-electron chi connectivity index (χ0n) is 11.4. The minimum absolute atomic E-state index is 0.0933. The summed E-state index contributed by atoms with van der Waals surface area (Å²) in [5, 5.41) is 21.2. The van der Waals surface area contributed by atoms with Crippen LogP contribution in [0.4, 0.5) is 0 Å². The standard InChI is InChI=1S/C14H16N2O4S/c15-9-14(6-2-1-3-7-14)16-11(17)8-21-12-5-4-10(20-12)13(18)19/h4-5H,1-3,6-8H2,(H,16,17)(H,18,19). The van der Waals surface area contributed by atoms with Crippen molar-refractivity contribution in [1.29, 1.82) is 5.26 Å². The Kier molecular flexibility index (Phi) is 4.91. The summed E-state index contributed by atoms with van der Waals surface area (Å²) in [6.07, 6.45) is 4.36. The van der Waals surface area contributed by atoms with E-state index in [1.54, 1.807) is 0 Å². The van der Waals surface area contributed by atoms with Crippen molar-refractivity contribution in [2.24, 2.45) is 0 Å². The van der Waals surface area contributed by atoms with Gasteiger partial charge >= 0.3 is 5.97 Å². The molecule has 0 unspecified atom stereocenters. The average molecular weight is 308 g/mol. The van der Waals surface area contributed by atoms with E-state index in [1.807, 2.05) is 0 Å². The van der Waals surface area contributed by atoms with E-state index in [4.69, 9.17) is 9.52 Å². The van der Waals surface area contributed by atoms with E-state index >= 15 is 0 Å². The first-order chi connectivity index (χ1) is 10.0. The molecule has 0 spiro atoms. The van der Waals surface area contributed by atoms with Crippen LogP contribution in [-0.2, 0) is 4.79 Å². The molecule has 1 amide bonds. The van der Waals surface area contributed by atoms with Crippen LogP contribution < -0.4 is 5.32 Å². The number of rotatable bonds is 5. The van der Waals surface area contributed by atoms with Crippen molar-refractivity contribution in [3.63, 3.8) is 0 Å². The fourth-order valence-corrected chi connectivity index (χ4v) is 3.03. The quantitative estimate of drug-likeness (QED) is 0.810. The molecule has 21 heavy (non-hydrogen) atoms. The number of nitrogens with one attached hydrogen (secondary N) is 1. The fraction of sp³-hybridized carbons (Fsp3) is 0.500. The summed E-state index contributed by atoms with van der Waals surface area (Å²) in [5.74, 6) is -1.44. The SMILES string of the molecule is N#CC1(NC(=O)CSc2ccc(C(=O)O)o2)CCCCC1. The third-order valence-corrected chi connectivity index (χ3v) is 4.35.